The summed E-state index contributed by atoms with van der Waals surface area (Å²) < 4.78 is 11.0. The molecular formula is C29H34N2O2. The van der Waals surface area contributed by atoms with Gasteiger partial charge < -0.3 is 19.3 Å². The number of fused-ring (bicyclic) bond motifs is 1. The SMILES string of the molecule is c1ccc(C(CCN2CCCN(CCc3ccc4c(c3)OCO4)CC2)c2ccccc2)cc1. The van der Waals surface area contributed by atoms with Crippen LogP contribution in [0.25, 0.3) is 0 Å². The Balaban J connectivity index is 1.14. The number of hydrogen-bond donors (Lipinski definition) is 0. The summed E-state index contributed by atoms with van der Waals surface area (Å²) in [7, 11) is 0. The smallest absolute Gasteiger partial charge is 0.231 e. The van der Waals surface area contributed by atoms with Gasteiger partial charge >= 0.3 is 0 Å². The average Bonchev–Trinajstić information content (AvgIpc) is 3.22. The minimum absolute atomic E-state index is 0.343. The van der Waals surface area contributed by atoms with Crippen LogP contribution in [0.1, 0.15) is 35.4 Å². The monoisotopic (exact) mass is 442 g/mol. The highest BCUT2D eigenvalue weighted by atomic mass is 16.7. The van der Waals surface area contributed by atoms with Gasteiger partial charge in [-0.3, -0.25) is 0 Å². The van der Waals surface area contributed by atoms with Gasteiger partial charge in [-0.05, 0) is 67.7 Å². The molecule has 1 fully saturated rings. The van der Waals surface area contributed by atoms with Gasteiger partial charge in [0.15, 0.2) is 11.5 Å². The van der Waals surface area contributed by atoms with E-state index in [1.807, 2.05) is 6.07 Å². The first-order valence-electron chi connectivity index (χ1n) is 12.3. The molecule has 1 saturated heterocycles. The molecule has 172 valence electrons. The Morgan fingerprint density at radius 2 is 1.30 bits per heavy atom. The molecular weight excluding hydrogens is 408 g/mol. The van der Waals surface area contributed by atoms with Crippen LogP contribution in [0.2, 0.25) is 0 Å². The summed E-state index contributed by atoms with van der Waals surface area (Å²) in [6, 6.07) is 28.3. The summed E-state index contributed by atoms with van der Waals surface area (Å²) in [6.07, 6.45) is 3.45. The van der Waals surface area contributed by atoms with Gasteiger partial charge in [0, 0.05) is 25.6 Å². The van der Waals surface area contributed by atoms with Crippen molar-refractivity contribution in [3.05, 3.63) is 95.6 Å². The molecule has 3 aromatic rings. The first kappa shape index (κ1) is 22.0. The summed E-state index contributed by atoms with van der Waals surface area (Å²) in [5, 5.41) is 0. The van der Waals surface area contributed by atoms with Crippen LogP contribution in [0.15, 0.2) is 78.9 Å². The molecule has 0 saturated carbocycles. The maximum Gasteiger partial charge on any atom is 0.231 e. The van der Waals surface area contributed by atoms with E-state index in [0.29, 0.717) is 12.7 Å². The third-order valence-electron chi connectivity index (χ3n) is 6.97. The van der Waals surface area contributed by atoms with Crippen molar-refractivity contribution < 1.29 is 9.47 Å². The Morgan fingerprint density at radius 3 is 2.00 bits per heavy atom. The van der Waals surface area contributed by atoms with Gasteiger partial charge in [-0.2, -0.15) is 0 Å². The molecule has 0 aromatic heterocycles. The molecule has 0 N–H and O–H groups in total. The highest BCUT2D eigenvalue weighted by Crippen LogP contribution is 2.32. The fourth-order valence-electron chi connectivity index (χ4n) is 5.06. The summed E-state index contributed by atoms with van der Waals surface area (Å²) in [5.41, 5.74) is 4.17. The van der Waals surface area contributed by atoms with Crippen LogP contribution < -0.4 is 9.47 Å². The van der Waals surface area contributed by atoms with E-state index in [4.69, 9.17) is 9.47 Å². The molecule has 0 amide bonds. The van der Waals surface area contributed by atoms with E-state index in [0.717, 1.165) is 50.5 Å². The van der Waals surface area contributed by atoms with Crippen molar-refractivity contribution in [3.63, 3.8) is 0 Å². The average molecular weight is 443 g/mol. The molecule has 2 heterocycles. The fourth-order valence-corrected chi connectivity index (χ4v) is 5.06. The van der Waals surface area contributed by atoms with E-state index in [-0.39, 0.29) is 0 Å². The number of nitrogens with zero attached hydrogens (tertiary/aromatic N) is 2. The highest BCUT2D eigenvalue weighted by molar-refractivity contribution is 5.44. The first-order valence-corrected chi connectivity index (χ1v) is 12.3. The first-order chi connectivity index (χ1) is 16.3. The van der Waals surface area contributed by atoms with Gasteiger partial charge in [0.2, 0.25) is 6.79 Å². The molecule has 3 aromatic carbocycles. The van der Waals surface area contributed by atoms with Gasteiger partial charge in [-0.15, -0.1) is 0 Å². The number of hydrogen-bond acceptors (Lipinski definition) is 4. The third kappa shape index (κ3) is 5.76. The number of rotatable bonds is 8. The lowest BCUT2D eigenvalue weighted by atomic mass is 9.88. The second-order valence-electron chi connectivity index (χ2n) is 9.14. The van der Waals surface area contributed by atoms with Crippen LogP contribution in [0.3, 0.4) is 0 Å². The van der Waals surface area contributed by atoms with E-state index in [1.54, 1.807) is 0 Å². The molecule has 0 aliphatic carbocycles. The van der Waals surface area contributed by atoms with E-state index in [2.05, 4.69) is 82.6 Å². The lowest BCUT2D eigenvalue weighted by molar-refractivity contribution is 0.174. The number of benzene rings is 3. The summed E-state index contributed by atoms with van der Waals surface area (Å²) in [6.45, 7) is 7.26. The molecule has 2 aliphatic heterocycles. The molecule has 0 radical (unpaired) electrons. The lowest BCUT2D eigenvalue weighted by Crippen LogP contribution is -2.33. The van der Waals surface area contributed by atoms with Crippen molar-refractivity contribution in [1.82, 2.24) is 9.80 Å². The van der Waals surface area contributed by atoms with Crippen molar-refractivity contribution in [1.29, 1.82) is 0 Å². The Morgan fingerprint density at radius 1 is 0.667 bits per heavy atom. The standard InChI is InChI=1S/C29H34N2O2/c1-3-8-25(9-4-1)27(26-10-5-2-6-11-26)15-19-31-17-7-16-30(20-21-31)18-14-24-12-13-28-29(22-24)33-23-32-28/h1-6,8-13,22,27H,7,14-21,23H2. The van der Waals surface area contributed by atoms with E-state index in [1.165, 1.54) is 36.2 Å². The van der Waals surface area contributed by atoms with Crippen LogP contribution in [-0.2, 0) is 6.42 Å². The second-order valence-corrected chi connectivity index (χ2v) is 9.14. The molecule has 2 aliphatic rings. The summed E-state index contributed by atoms with van der Waals surface area (Å²) >= 11 is 0. The maximum absolute atomic E-state index is 5.53. The Hall–Kier alpha value is -2.82. The normalized spacial score (nSPS) is 16.8. The van der Waals surface area contributed by atoms with Gasteiger partial charge in [0.05, 0.1) is 0 Å². The molecule has 4 heteroatoms. The van der Waals surface area contributed by atoms with Gasteiger partial charge in [0.25, 0.3) is 0 Å². The Bertz CT molecular complexity index is 969. The molecule has 4 nitrogen and oxygen atoms in total. The van der Waals surface area contributed by atoms with Crippen LogP contribution >= 0.6 is 0 Å². The molecule has 0 atom stereocenters. The van der Waals surface area contributed by atoms with Crippen molar-refractivity contribution in [2.45, 2.75) is 25.2 Å². The van der Waals surface area contributed by atoms with E-state index in [9.17, 15) is 0 Å². The molecule has 0 unspecified atom stereocenters. The maximum atomic E-state index is 5.53. The van der Waals surface area contributed by atoms with Crippen LogP contribution in [0.4, 0.5) is 0 Å². The summed E-state index contributed by atoms with van der Waals surface area (Å²) in [4.78, 5) is 5.29. The van der Waals surface area contributed by atoms with E-state index < -0.39 is 0 Å². The van der Waals surface area contributed by atoms with Crippen molar-refractivity contribution in [2.24, 2.45) is 0 Å². The molecule has 5 rings (SSSR count). The minimum Gasteiger partial charge on any atom is -0.454 e. The molecule has 0 bridgehead atoms. The van der Waals surface area contributed by atoms with Gasteiger partial charge in [0.1, 0.15) is 0 Å². The quantitative estimate of drug-likeness (QED) is 0.479. The zero-order valence-electron chi connectivity index (χ0n) is 19.4. The minimum atomic E-state index is 0.343. The Labute approximate surface area is 197 Å². The van der Waals surface area contributed by atoms with E-state index >= 15 is 0 Å². The summed E-state index contributed by atoms with van der Waals surface area (Å²) in [5.74, 6) is 2.21. The fraction of sp³-hybridized carbons (Fsp3) is 0.379. The Kier molecular flexibility index (Phi) is 7.24. The van der Waals surface area contributed by atoms with Gasteiger partial charge in [-0.25, -0.2) is 0 Å². The largest absolute Gasteiger partial charge is 0.454 e. The lowest BCUT2D eigenvalue weighted by Gasteiger charge is -2.25. The zero-order valence-corrected chi connectivity index (χ0v) is 19.4. The molecule has 33 heavy (non-hydrogen) atoms. The predicted molar refractivity (Wildman–Crippen MR) is 133 cm³/mol. The topological polar surface area (TPSA) is 24.9 Å². The van der Waals surface area contributed by atoms with Crippen molar-refractivity contribution in [3.8, 4) is 11.5 Å². The van der Waals surface area contributed by atoms with Crippen LogP contribution in [0, 0.1) is 0 Å². The highest BCUT2D eigenvalue weighted by Gasteiger charge is 2.19. The van der Waals surface area contributed by atoms with Crippen molar-refractivity contribution in [2.75, 3.05) is 46.1 Å². The van der Waals surface area contributed by atoms with Crippen LogP contribution in [-0.4, -0.2) is 55.9 Å². The van der Waals surface area contributed by atoms with Crippen molar-refractivity contribution >= 4 is 0 Å². The third-order valence-corrected chi connectivity index (χ3v) is 6.97. The number of ether oxygens (including phenoxy) is 2. The molecule has 0 spiro atoms. The van der Waals surface area contributed by atoms with Gasteiger partial charge in [-0.1, -0.05) is 66.7 Å². The van der Waals surface area contributed by atoms with Crippen LogP contribution in [0.5, 0.6) is 11.5 Å². The zero-order chi connectivity index (χ0) is 22.3. The predicted octanol–water partition coefficient (Wildman–Crippen LogP) is 5.19. The second kappa shape index (κ2) is 10.9.